The molecule has 0 fully saturated rings. The zero-order valence-electron chi connectivity index (χ0n) is 9.36. The van der Waals surface area contributed by atoms with E-state index in [1.54, 1.807) is 0 Å². The van der Waals surface area contributed by atoms with Gasteiger partial charge in [0.15, 0.2) is 0 Å². The predicted molar refractivity (Wildman–Crippen MR) is 69.1 cm³/mol. The van der Waals surface area contributed by atoms with Gasteiger partial charge in [-0.3, -0.25) is 4.98 Å². The number of nitrogens with zero attached hydrogens (tertiary/aromatic N) is 2. The number of pyridine rings is 1. The molecule has 3 heteroatoms. The van der Waals surface area contributed by atoms with Crippen molar-refractivity contribution in [1.82, 2.24) is 10.3 Å². The van der Waals surface area contributed by atoms with Crippen molar-refractivity contribution in [1.29, 1.82) is 0 Å². The van der Waals surface area contributed by atoms with Crippen molar-refractivity contribution >= 4 is 11.6 Å². The Balaban J connectivity index is 2.01. The van der Waals surface area contributed by atoms with Gasteiger partial charge in [0.25, 0.3) is 0 Å². The molecule has 2 aromatic rings. The van der Waals surface area contributed by atoms with Gasteiger partial charge in [-0.05, 0) is 23.8 Å². The fourth-order valence-corrected chi connectivity index (χ4v) is 2.18. The fraction of sp³-hybridized carbons (Fsp3) is 0.214. The number of benzene rings is 1. The highest BCUT2D eigenvalue weighted by Crippen LogP contribution is 2.22. The Morgan fingerprint density at radius 3 is 2.65 bits per heavy atom. The molecule has 1 aromatic carbocycles. The normalized spacial score (nSPS) is 14.4. The molecule has 0 bridgehead atoms. The molecule has 0 atom stereocenters. The van der Waals surface area contributed by atoms with E-state index >= 15 is 0 Å². The highest BCUT2D eigenvalue weighted by atomic mass is 35.5. The molecule has 1 aliphatic heterocycles. The Morgan fingerprint density at radius 1 is 1.00 bits per heavy atom. The summed E-state index contributed by atoms with van der Waals surface area (Å²) in [6.07, 6.45) is 0.955. The van der Waals surface area contributed by atoms with Crippen LogP contribution in [-0.4, -0.2) is 11.5 Å². The predicted octanol–water partition coefficient (Wildman–Crippen LogP) is 3.06. The molecule has 1 aromatic heterocycles. The van der Waals surface area contributed by atoms with Crippen LogP contribution in [0.4, 0.5) is 0 Å². The van der Waals surface area contributed by atoms with Crippen LogP contribution in [0.1, 0.15) is 11.3 Å². The number of aromatic nitrogens is 1. The van der Waals surface area contributed by atoms with Gasteiger partial charge in [-0.1, -0.05) is 29.8 Å². The van der Waals surface area contributed by atoms with E-state index in [0.29, 0.717) is 0 Å². The summed E-state index contributed by atoms with van der Waals surface area (Å²) in [5.74, 6) is 0. The molecule has 1 radical (unpaired) electrons. The van der Waals surface area contributed by atoms with Gasteiger partial charge in [-0.15, -0.1) is 0 Å². The Labute approximate surface area is 106 Å². The van der Waals surface area contributed by atoms with Crippen LogP contribution in [0.25, 0.3) is 11.3 Å². The molecule has 2 heterocycles. The van der Waals surface area contributed by atoms with Crippen molar-refractivity contribution in [2.24, 2.45) is 0 Å². The van der Waals surface area contributed by atoms with Crippen molar-refractivity contribution in [2.75, 3.05) is 6.54 Å². The molecule has 1 aliphatic rings. The molecular weight excluding hydrogens is 232 g/mol. The van der Waals surface area contributed by atoms with Crippen LogP contribution in [0.3, 0.4) is 0 Å². The average molecular weight is 244 g/mol. The van der Waals surface area contributed by atoms with Crippen LogP contribution >= 0.6 is 11.6 Å². The number of rotatable bonds is 1. The van der Waals surface area contributed by atoms with Gasteiger partial charge in [-0.2, -0.15) is 0 Å². The van der Waals surface area contributed by atoms with E-state index in [9.17, 15) is 0 Å². The number of fused-ring (bicyclic) bond motifs is 1. The smallest absolute Gasteiger partial charge is 0.0705 e. The molecule has 3 rings (SSSR count). The maximum absolute atomic E-state index is 5.88. The molecule has 0 amide bonds. The zero-order valence-corrected chi connectivity index (χ0v) is 10.1. The summed E-state index contributed by atoms with van der Waals surface area (Å²) in [6.45, 7) is 1.70. The average Bonchev–Trinajstić information content (AvgIpc) is 2.39. The lowest BCUT2D eigenvalue weighted by atomic mass is 10.0. The quantitative estimate of drug-likeness (QED) is 0.756. The lowest BCUT2D eigenvalue weighted by molar-refractivity contribution is 0.618. The van der Waals surface area contributed by atoms with Crippen LogP contribution in [0, 0.1) is 0 Å². The van der Waals surface area contributed by atoms with Gasteiger partial charge in [0.05, 0.1) is 5.69 Å². The Morgan fingerprint density at radius 2 is 1.82 bits per heavy atom. The van der Waals surface area contributed by atoms with E-state index in [-0.39, 0.29) is 0 Å². The second-order valence-electron chi connectivity index (χ2n) is 4.16. The zero-order chi connectivity index (χ0) is 11.7. The molecule has 85 valence electrons. The van der Waals surface area contributed by atoms with Crippen molar-refractivity contribution in [2.45, 2.75) is 13.0 Å². The molecular formula is C14H12ClN2. The topological polar surface area (TPSA) is 27.0 Å². The Hall–Kier alpha value is -1.38. The van der Waals surface area contributed by atoms with Gasteiger partial charge in [0, 0.05) is 35.8 Å². The summed E-state index contributed by atoms with van der Waals surface area (Å²) in [5.41, 5.74) is 4.57. The minimum atomic E-state index is 0.755. The molecule has 0 unspecified atom stereocenters. The summed E-state index contributed by atoms with van der Waals surface area (Å²) in [4.78, 5) is 4.71. The summed E-state index contributed by atoms with van der Waals surface area (Å²) >= 11 is 5.88. The summed E-state index contributed by atoms with van der Waals surface area (Å²) in [6, 6.07) is 12.0. The summed E-state index contributed by atoms with van der Waals surface area (Å²) < 4.78 is 0. The van der Waals surface area contributed by atoms with Gasteiger partial charge in [0.1, 0.15) is 0 Å². The molecule has 17 heavy (non-hydrogen) atoms. The molecule has 0 saturated heterocycles. The van der Waals surface area contributed by atoms with E-state index in [2.05, 4.69) is 17.4 Å². The van der Waals surface area contributed by atoms with E-state index in [1.165, 1.54) is 11.3 Å². The first kappa shape index (κ1) is 10.8. The van der Waals surface area contributed by atoms with Crippen molar-refractivity contribution < 1.29 is 0 Å². The number of hydrogen-bond donors (Lipinski definition) is 0. The Kier molecular flexibility index (Phi) is 2.83. The van der Waals surface area contributed by atoms with Gasteiger partial charge >= 0.3 is 0 Å². The van der Waals surface area contributed by atoms with Crippen molar-refractivity contribution in [3.05, 3.63) is 52.7 Å². The lowest BCUT2D eigenvalue weighted by Gasteiger charge is -2.15. The van der Waals surface area contributed by atoms with E-state index in [4.69, 9.17) is 16.6 Å². The van der Waals surface area contributed by atoms with Gasteiger partial charge < -0.3 is 0 Å². The highest BCUT2D eigenvalue weighted by molar-refractivity contribution is 6.30. The fourth-order valence-electron chi connectivity index (χ4n) is 2.06. The first-order valence-corrected chi connectivity index (χ1v) is 6.09. The van der Waals surface area contributed by atoms with Crippen molar-refractivity contribution in [3.8, 4) is 11.3 Å². The van der Waals surface area contributed by atoms with E-state index in [1.807, 2.05) is 24.3 Å². The van der Waals surface area contributed by atoms with Gasteiger partial charge in [0.2, 0.25) is 0 Å². The van der Waals surface area contributed by atoms with Crippen LogP contribution in [0.2, 0.25) is 5.02 Å². The summed E-state index contributed by atoms with van der Waals surface area (Å²) in [5, 5.41) is 5.13. The van der Waals surface area contributed by atoms with Crippen LogP contribution in [-0.2, 0) is 13.0 Å². The second kappa shape index (κ2) is 4.47. The van der Waals surface area contributed by atoms with Crippen LogP contribution in [0.15, 0.2) is 36.4 Å². The SMILES string of the molecule is Clc1ccc(-c2ccc3c(n2)CC[N]C3)cc1. The monoisotopic (exact) mass is 243 g/mol. The molecule has 0 saturated carbocycles. The summed E-state index contributed by atoms with van der Waals surface area (Å²) in [7, 11) is 0. The lowest BCUT2D eigenvalue weighted by Crippen LogP contribution is -2.18. The minimum absolute atomic E-state index is 0.755. The van der Waals surface area contributed by atoms with Gasteiger partial charge in [-0.25, -0.2) is 5.32 Å². The molecule has 0 N–H and O–H groups in total. The van der Waals surface area contributed by atoms with E-state index in [0.717, 1.165) is 35.8 Å². The third-order valence-corrected chi connectivity index (χ3v) is 3.25. The van der Waals surface area contributed by atoms with Crippen LogP contribution in [0.5, 0.6) is 0 Å². The largest absolute Gasteiger partial charge is 0.252 e. The number of halogens is 1. The number of hydrogen-bond acceptors (Lipinski definition) is 1. The maximum Gasteiger partial charge on any atom is 0.0705 e. The molecule has 2 nitrogen and oxygen atoms in total. The Bertz CT molecular complexity index is 534. The van der Waals surface area contributed by atoms with Crippen molar-refractivity contribution in [3.63, 3.8) is 0 Å². The van der Waals surface area contributed by atoms with Crippen LogP contribution < -0.4 is 5.32 Å². The van der Waals surface area contributed by atoms with E-state index < -0.39 is 0 Å². The minimum Gasteiger partial charge on any atom is -0.252 e. The third-order valence-electron chi connectivity index (χ3n) is 3.00. The second-order valence-corrected chi connectivity index (χ2v) is 4.60. The first-order chi connectivity index (χ1) is 8.33. The first-order valence-electron chi connectivity index (χ1n) is 5.71. The highest BCUT2D eigenvalue weighted by Gasteiger charge is 2.11. The standard InChI is InChI=1S/C14H12ClN2/c15-12-4-1-10(2-5-12)13-6-3-11-9-16-8-7-14(11)17-13/h1-6H,7-9H2. The molecule has 0 spiro atoms. The maximum atomic E-state index is 5.88. The molecule has 0 aliphatic carbocycles. The third kappa shape index (κ3) is 2.19.